The van der Waals surface area contributed by atoms with Gasteiger partial charge in [-0.25, -0.2) is 9.78 Å². The average molecular weight is 398 g/mol. The van der Waals surface area contributed by atoms with Gasteiger partial charge in [-0.15, -0.1) is 22.7 Å². The molecule has 1 aliphatic heterocycles. The third-order valence-corrected chi connectivity index (χ3v) is 6.48. The first-order chi connectivity index (χ1) is 13.1. The molecular weight excluding hydrogens is 384 g/mol. The van der Waals surface area contributed by atoms with Crippen molar-refractivity contribution in [2.75, 3.05) is 19.0 Å². The number of amides is 2. The summed E-state index contributed by atoms with van der Waals surface area (Å²) in [6.07, 6.45) is 0.161. The van der Waals surface area contributed by atoms with Gasteiger partial charge in [-0.2, -0.15) is 5.26 Å². The number of thiophene rings is 1. The quantitative estimate of drug-likeness (QED) is 0.711. The van der Waals surface area contributed by atoms with Crippen LogP contribution in [-0.2, 0) is 17.7 Å². The molecule has 0 spiro atoms. The zero-order valence-corrected chi connectivity index (χ0v) is 15.9. The number of nitrogens with one attached hydrogen (secondary N) is 1. The van der Waals surface area contributed by atoms with Gasteiger partial charge < -0.3 is 15.0 Å². The van der Waals surface area contributed by atoms with Crippen LogP contribution >= 0.6 is 22.7 Å². The van der Waals surface area contributed by atoms with Gasteiger partial charge in [-0.1, -0.05) is 12.1 Å². The average Bonchev–Trinajstić information content (AvgIpc) is 3.27. The van der Waals surface area contributed by atoms with Crippen molar-refractivity contribution in [3.8, 4) is 6.07 Å². The summed E-state index contributed by atoms with van der Waals surface area (Å²) in [6.45, 7) is 0.856. The molecule has 2 aromatic heterocycles. The number of ether oxygens (including phenoxy) is 1. The summed E-state index contributed by atoms with van der Waals surface area (Å²) in [5, 5.41) is 13.2. The van der Waals surface area contributed by atoms with Gasteiger partial charge in [-0.3, -0.25) is 4.79 Å². The Morgan fingerprint density at radius 3 is 2.89 bits per heavy atom. The fourth-order valence-electron chi connectivity index (χ4n) is 3.02. The zero-order chi connectivity index (χ0) is 19.0. The highest BCUT2D eigenvalue weighted by atomic mass is 32.1. The molecule has 136 valence electrons. The second kappa shape index (κ2) is 6.98. The lowest BCUT2D eigenvalue weighted by molar-refractivity contribution is 0.102. The molecule has 4 rings (SSSR count). The molecule has 1 aromatic carbocycles. The summed E-state index contributed by atoms with van der Waals surface area (Å²) in [7, 11) is 1.34. The third kappa shape index (κ3) is 3.13. The molecule has 1 N–H and O–H groups in total. The molecule has 0 fully saturated rings. The number of carbonyl (C=O) groups excluding carboxylic acids is 2. The maximum atomic E-state index is 12.6. The van der Waals surface area contributed by atoms with Crippen LogP contribution < -0.4 is 5.32 Å². The van der Waals surface area contributed by atoms with Crippen molar-refractivity contribution >= 4 is 49.9 Å². The Bertz CT molecular complexity index is 1060. The molecule has 0 bridgehead atoms. The summed E-state index contributed by atoms with van der Waals surface area (Å²) in [5.74, 6) is -0.337. The van der Waals surface area contributed by atoms with Crippen LogP contribution in [0.5, 0.6) is 0 Å². The standard InChI is InChI=1S/C18H14N4O3S2/c1-25-18(24)22-7-6-10-11(8-19)16(27-14(10)9-22)21-15(23)17-20-12-4-2-3-5-13(12)26-17/h2-5H,6-7,9H2,1H3,(H,21,23). The minimum atomic E-state index is -0.396. The number of para-hydroxylation sites is 1. The van der Waals surface area contributed by atoms with Gasteiger partial charge in [0.25, 0.3) is 5.91 Å². The second-order valence-electron chi connectivity index (χ2n) is 5.90. The summed E-state index contributed by atoms with van der Waals surface area (Å²) in [6, 6.07) is 9.73. The molecule has 0 aliphatic carbocycles. The number of nitriles is 1. The maximum Gasteiger partial charge on any atom is 0.409 e. The van der Waals surface area contributed by atoms with Crippen LogP contribution in [0.25, 0.3) is 10.2 Å². The number of methoxy groups -OCH3 is 1. The summed E-state index contributed by atoms with van der Waals surface area (Å²) >= 11 is 2.63. The first kappa shape index (κ1) is 17.5. The van der Waals surface area contributed by atoms with Gasteiger partial charge in [0, 0.05) is 11.4 Å². The van der Waals surface area contributed by atoms with Crippen molar-refractivity contribution in [2.24, 2.45) is 0 Å². The van der Waals surface area contributed by atoms with Crippen LogP contribution in [0.2, 0.25) is 0 Å². The van der Waals surface area contributed by atoms with Crippen molar-refractivity contribution in [1.82, 2.24) is 9.88 Å². The van der Waals surface area contributed by atoms with E-state index in [1.165, 1.54) is 29.8 Å². The van der Waals surface area contributed by atoms with Gasteiger partial charge in [0.1, 0.15) is 11.1 Å². The minimum absolute atomic E-state index is 0.337. The fourth-order valence-corrected chi connectivity index (χ4v) is 5.09. The monoisotopic (exact) mass is 398 g/mol. The Morgan fingerprint density at radius 2 is 2.15 bits per heavy atom. The van der Waals surface area contributed by atoms with E-state index in [1.54, 1.807) is 4.90 Å². The lowest BCUT2D eigenvalue weighted by Crippen LogP contribution is -2.35. The molecule has 0 radical (unpaired) electrons. The number of rotatable bonds is 2. The molecule has 0 atom stereocenters. The lowest BCUT2D eigenvalue weighted by atomic mass is 10.0. The highest BCUT2D eigenvalue weighted by molar-refractivity contribution is 7.20. The van der Waals surface area contributed by atoms with Crippen LogP contribution in [0.15, 0.2) is 24.3 Å². The number of carbonyl (C=O) groups is 2. The number of thiazole rings is 1. The van der Waals surface area contributed by atoms with E-state index < -0.39 is 6.09 Å². The Labute approximate surface area is 162 Å². The Balaban J connectivity index is 1.61. The van der Waals surface area contributed by atoms with Crippen molar-refractivity contribution < 1.29 is 14.3 Å². The third-order valence-electron chi connectivity index (χ3n) is 4.32. The predicted molar refractivity (Wildman–Crippen MR) is 103 cm³/mol. The smallest absolute Gasteiger partial charge is 0.409 e. The molecule has 0 saturated heterocycles. The van der Waals surface area contributed by atoms with Crippen molar-refractivity contribution in [2.45, 2.75) is 13.0 Å². The van der Waals surface area contributed by atoms with Gasteiger partial charge in [0.05, 0.1) is 29.4 Å². The highest BCUT2D eigenvalue weighted by Gasteiger charge is 2.28. The van der Waals surface area contributed by atoms with Crippen molar-refractivity contribution in [3.63, 3.8) is 0 Å². The summed E-state index contributed by atoms with van der Waals surface area (Å²) < 4.78 is 5.70. The number of fused-ring (bicyclic) bond motifs is 2. The van der Waals surface area contributed by atoms with Gasteiger partial charge >= 0.3 is 6.09 Å². The first-order valence-corrected chi connectivity index (χ1v) is 9.78. The van der Waals surface area contributed by atoms with Crippen molar-refractivity contribution in [3.05, 3.63) is 45.3 Å². The van der Waals surface area contributed by atoms with Crippen LogP contribution in [0.4, 0.5) is 9.80 Å². The van der Waals surface area contributed by atoms with E-state index in [9.17, 15) is 14.9 Å². The van der Waals surface area contributed by atoms with Crippen molar-refractivity contribution in [1.29, 1.82) is 5.26 Å². The largest absolute Gasteiger partial charge is 0.453 e. The van der Waals surface area contributed by atoms with Crippen LogP contribution in [0.3, 0.4) is 0 Å². The van der Waals surface area contributed by atoms with Crippen LogP contribution in [-0.4, -0.2) is 35.5 Å². The molecular formula is C18H14N4O3S2. The Hall–Kier alpha value is -2.96. The first-order valence-electron chi connectivity index (χ1n) is 8.15. The summed E-state index contributed by atoms with van der Waals surface area (Å²) in [4.78, 5) is 31.2. The fraction of sp³-hybridized carbons (Fsp3) is 0.222. The molecule has 7 nitrogen and oxygen atoms in total. The Morgan fingerprint density at radius 1 is 1.33 bits per heavy atom. The molecule has 1 aliphatic rings. The second-order valence-corrected chi connectivity index (χ2v) is 8.04. The number of aromatic nitrogens is 1. The topological polar surface area (TPSA) is 95.3 Å². The molecule has 3 heterocycles. The number of hydrogen-bond donors (Lipinski definition) is 1. The molecule has 27 heavy (non-hydrogen) atoms. The molecule has 2 amide bonds. The number of hydrogen-bond acceptors (Lipinski definition) is 7. The van der Waals surface area contributed by atoms with E-state index in [-0.39, 0.29) is 5.91 Å². The summed E-state index contributed by atoms with van der Waals surface area (Å²) in [5.41, 5.74) is 2.13. The van der Waals surface area contributed by atoms with E-state index in [0.29, 0.717) is 35.1 Å². The maximum absolute atomic E-state index is 12.6. The molecule has 9 heteroatoms. The predicted octanol–water partition coefficient (Wildman–Crippen LogP) is 3.61. The van der Waals surface area contributed by atoms with Gasteiger partial charge in [0.2, 0.25) is 0 Å². The van der Waals surface area contributed by atoms with E-state index in [0.717, 1.165) is 20.7 Å². The highest BCUT2D eigenvalue weighted by Crippen LogP contribution is 2.37. The molecule has 3 aromatic rings. The SMILES string of the molecule is COC(=O)N1CCc2c(sc(NC(=O)c3nc4ccccc4s3)c2C#N)C1. The van der Waals surface area contributed by atoms with E-state index >= 15 is 0 Å². The van der Waals surface area contributed by atoms with Crippen LogP contribution in [0.1, 0.15) is 25.8 Å². The van der Waals surface area contributed by atoms with Gasteiger partial charge in [-0.05, 0) is 24.1 Å². The molecule has 0 saturated carbocycles. The zero-order valence-electron chi connectivity index (χ0n) is 14.3. The van der Waals surface area contributed by atoms with Crippen LogP contribution in [0, 0.1) is 11.3 Å². The van der Waals surface area contributed by atoms with E-state index in [1.807, 2.05) is 24.3 Å². The molecule has 0 unspecified atom stereocenters. The lowest BCUT2D eigenvalue weighted by Gasteiger charge is -2.25. The minimum Gasteiger partial charge on any atom is -0.453 e. The van der Waals surface area contributed by atoms with E-state index in [4.69, 9.17) is 4.74 Å². The Kier molecular flexibility index (Phi) is 4.51. The number of anilines is 1. The van der Waals surface area contributed by atoms with E-state index in [2.05, 4.69) is 16.4 Å². The normalized spacial score (nSPS) is 13.1. The van der Waals surface area contributed by atoms with Gasteiger partial charge in [0.15, 0.2) is 5.01 Å². The number of benzene rings is 1. The number of nitrogens with zero attached hydrogens (tertiary/aromatic N) is 3.